The van der Waals surface area contributed by atoms with Crippen molar-refractivity contribution < 1.29 is 9.47 Å². The number of nitrogens with two attached hydrogens (primary N) is 1. The van der Waals surface area contributed by atoms with Gasteiger partial charge in [0.25, 0.3) is 0 Å². The molecule has 0 saturated carbocycles. The first kappa shape index (κ1) is 27.1. The first-order chi connectivity index (χ1) is 14.1. The molecule has 2 N–H and O–H groups in total. The van der Waals surface area contributed by atoms with E-state index in [9.17, 15) is 0 Å². The first-order valence-corrected chi connectivity index (χ1v) is 11.2. The molecule has 0 aliphatic rings. The molecular formula is C22H43N5O2. The van der Waals surface area contributed by atoms with Gasteiger partial charge in [-0.05, 0) is 12.8 Å². The van der Waals surface area contributed by atoms with Crippen LogP contribution in [0.2, 0.25) is 0 Å². The van der Waals surface area contributed by atoms with Crippen molar-refractivity contribution in [3.05, 3.63) is 6.33 Å². The lowest BCUT2D eigenvalue weighted by Crippen LogP contribution is -2.05. The number of imidazole rings is 1. The Morgan fingerprint density at radius 3 is 2.07 bits per heavy atom. The quantitative estimate of drug-likeness (QED) is 0.463. The van der Waals surface area contributed by atoms with E-state index in [4.69, 9.17) is 15.2 Å². The smallest absolute Gasteiger partial charge is 0.247 e. The van der Waals surface area contributed by atoms with Crippen LogP contribution in [0.15, 0.2) is 6.33 Å². The minimum Gasteiger partial charge on any atom is -0.476 e. The number of aryl methyl sites for hydroxylation is 1. The first-order valence-electron chi connectivity index (χ1n) is 11.2. The predicted molar refractivity (Wildman–Crippen MR) is 122 cm³/mol. The third-order valence-corrected chi connectivity index (χ3v) is 4.23. The molecule has 0 saturated heterocycles. The van der Waals surface area contributed by atoms with Crippen LogP contribution in [0, 0.1) is 0 Å². The van der Waals surface area contributed by atoms with Crippen molar-refractivity contribution in [1.29, 1.82) is 0 Å². The molecule has 7 heteroatoms. The summed E-state index contributed by atoms with van der Waals surface area (Å²) in [6, 6.07) is 0. The minimum absolute atomic E-state index is 0.193. The molecule has 0 aromatic carbocycles. The van der Waals surface area contributed by atoms with Crippen molar-refractivity contribution >= 4 is 17.1 Å². The highest BCUT2D eigenvalue weighted by Crippen LogP contribution is 2.21. The van der Waals surface area contributed by atoms with Gasteiger partial charge in [-0.2, -0.15) is 9.97 Å². The topological polar surface area (TPSA) is 88.1 Å². The van der Waals surface area contributed by atoms with Crippen molar-refractivity contribution in [3.8, 4) is 5.88 Å². The van der Waals surface area contributed by atoms with E-state index in [0.717, 1.165) is 19.4 Å². The molecule has 2 heterocycles. The van der Waals surface area contributed by atoms with Gasteiger partial charge in [0.05, 0.1) is 12.9 Å². The third kappa shape index (κ3) is 11.6. The van der Waals surface area contributed by atoms with E-state index in [-0.39, 0.29) is 5.95 Å². The molecule has 29 heavy (non-hydrogen) atoms. The number of fused-ring (bicyclic) bond motifs is 1. The van der Waals surface area contributed by atoms with Crippen molar-refractivity contribution in [3.63, 3.8) is 0 Å². The fraction of sp³-hybridized carbons (Fsp3) is 0.773. The van der Waals surface area contributed by atoms with E-state index in [1.54, 1.807) is 18.0 Å². The predicted octanol–water partition coefficient (Wildman–Crippen LogP) is 5.53. The van der Waals surface area contributed by atoms with Crippen molar-refractivity contribution in [2.75, 3.05) is 26.1 Å². The van der Waals surface area contributed by atoms with E-state index in [0.29, 0.717) is 23.7 Å². The Balaban J connectivity index is 0.000000606. The zero-order chi connectivity index (χ0) is 21.9. The van der Waals surface area contributed by atoms with Gasteiger partial charge in [0.15, 0.2) is 11.2 Å². The van der Waals surface area contributed by atoms with Gasteiger partial charge in [0.2, 0.25) is 11.8 Å². The van der Waals surface area contributed by atoms with Crippen LogP contribution in [-0.4, -0.2) is 39.8 Å². The van der Waals surface area contributed by atoms with E-state index in [1.807, 2.05) is 20.9 Å². The monoisotopic (exact) mass is 409 g/mol. The number of nitrogens with zero attached hydrogens (tertiary/aromatic N) is 4. The number of aromatic nitrogens is 4. The Morgan fingerprint density at radius 1 is 0.897 bits per heavy atom. The summed E-state index contributed by atoms with van der Waals surface area (Å²) in [7, 11) is 3.54. The van der Waals surface area contributed by atoms with E-state index >= 15 is 0 Å². The minimum atomic E-state index is 0.193. The standard InChI is InChI=1S/C11H17N5O2.C9H20.C2H6/c1-16-7-13-8-9(16)14-11(12)15-10(8)18-6-4-3-5-17-2;1-3-5-7-9-8-6-4-2;1-2/h7H,3-6H2,1-2H3,(H2,12,14,15);3-9H2,1-2H3;1-2H3. The lowest BCUT2D eigenvalue weighted by atomic mass is 10.1. The summed E-state index contributed by atoms with van der Waals surface area (Å²) in [5.74, 6) is 0.633. The van der Waals surface area contributed by atoms with Crippen molar-refractivity contribution in [1.82, 2.24) is 19.5 Å². The number of rotatable bonds is 12. The lowest BCUT2D eigenvalue weighted by Gasteiger charge is -2.06. The molecule has 0 atom stereocenters. The number of unbranched alkanes of at least 4 members (excludes halogenated alkanes) is 7. The van der Waals surface area contributed by atoms with Crippen LogP contribution in [0.4, 0.5) is 5.95 Å². The van der Waals surface area contributed by atoms with Gasteiger partial charge in [-0.25, -0.2) is 4.98 Å². The van der Waals surface area contributed by atoms with Crippen LogP contribution < -0.4 is 10.5 Å². The van der Waals surface area contributed by atoms with E-state index in [1.165, 1.54) is 44.9 Å². The Hall–Kier alpha value is -1.89. The molecular weight excluding hydrogens is 366 g/mol. The summed E-state index contributed by atoms with van der Waals surface area (Å²) in [6.07, 6.45) is 13.5. The number of ether oxygens (including phenoxy) is 2. The van der Waals surface area contributed by atoms with Gasteiger partial charge >= 0.3 is 0 Å². The van der Waals surface area contributed by atoms with Crippen LogP contribution in [0.25, 0.3) is 11.2 Å². The average molecular weight is 410 g/mol. The second-order valence-electron chi connectivity index (χ2n) is 6.73. The molecule has 0 unspecified atom stereocenters. The molecule has 0 bridgehead atoms. The molecule has 0 aliphatic heterocycles. The second-order valence-corrected chi connectivity index (χ2v) is 6.73. The lowest BCUT2D eigenvalue weighted by molar-refractivity contribution is 0.183. The van der Waals surface area contributed by atoms with Gasteiger partial charge in [0, 0.05) is 20.8 Å². The molecule has 2 aromatic rings. The van der Waals surface area contributed by atoms with Crippen LogP contribution in [0.5, 0.6) is 5.88 Å². The largest absolute Gasteiger partial charge is 0.476 e. The molecule has 168 valence electrons. The third-order valence-electron chi connectivity index (χ3n) is 4.23. The molecule has 0 radical (unpaired) electrons. The Labute approximate surface area is 177 Å². The average Bonchev–Trinajstić information content (AvgIpc) is 3.10. The summed E-state index contributed by atoms with van der Waals surface area (Å²) in [4.78, 5) is 12.4. The molecule has 0 aliphatic carbocycles. The number of anilines is 1. The summed E-state index contributed by atoms with van der Waals surface area (Å²) in [5.41, 5.74) is 6.95. The fourth-order valence-electron chi connectivity index (χ4n) is 2.65. The van der Waals surface area contributed by atoms with Gasteiger partial charge in [-0.3, -0.25) is 0 Å². The highest BCUT2D eigenvalue weighted by atomic mass is 16.5. The van der Waals surface area contributed by atoms with Crippen molar-refractivity contribution in [2.45, 2.75) is 85.5 Å². The summed E-state index contributed by atoms with van der Waals surface area (Å²) < 4.78 is 12.4. The molecule has 2 aromatic heterocycles. The van der Waals surface area contributed by atoms with Gasteiger partial charge < -0.3 is 19.8 Å². The summed E-state index contributed by atoms with van der Waals surface area (Å²) >= 11 is 0. The summed E-state index contributed by atoms with van der Waals surface area (Å²) in [5, 5.41) is 0. The Kier molecular flexibility index (Phi) is 17.0. The highest BCUT2D eigenvalue weighted by Gasteiger charge is 2.11. The zero-order valence-electron chi connectivity index (χ0n) is 19.5. The molecule has 7 nitrogen and oxygen atoms in total. The number of nitrogen functional groups attached to an aromatic ring is 1. The normalized spacial score (nSPS) is 10.1. The van der Waals surface area contributed by atoms with Crippen LogP contribution in [0.3, 0.4) is 0 Å². The molecule has 0 spiro atoms. The number of hydrogen-bond acceptors (Lipinski definition) is 6. The van der Waals surface area contributed by atoms with Crippen LogP contribution >= 0.6 is 0 Å². The zero-order valence-corrected chi connectivity index (χ0v) is 19.5. The Morgan fingerprint density at radius 2 is 1.48 bits per heavy atom. The maximum absolute atomic E-state index is 5.64. The maximum Gasteiger partial charge on any atom is 0.247 e. The molecule has 0 amide bonds. The maximum atomic E-state index is 5.64. The van der Waals surface area contributed by atoms with Crippen LogP contribution in [-0.2, 0) is 11.8 Å². The molecule has 2 rings (SSSR count). The van der Waals surface area contributed by atoms with Gasteiger partial charge in [0.1, 0.15) is 0 Å². The fourth-order valence-corrected chi connectivity index (χ4v) is 2.65. The van der Waals surface area contributed by atoms with E-state index < -0.39 is 0 Å². The summed E-state index contributed by atoms with van der Waals surface area (Å²) in [6.45, 7) is 9.82. The van der Waals surface area contributed by atoms with E-state index in [2.05, 4.69) is 28.8 Å². The number of hydrogen-bond donors (Lipinski definition) is 1. The van der Waals surface area contributed by atoms with Crippen LogP contribution in [0.1, 0.15) is 85.5 Å². The second kappa shape index (κ2) is 18.2. The van der Waals surface area contributed by atoms with Crippen molar-refractivity contribution in [2.24, 2.45) is 7.05 Å². The SMILES string of the molecule is CC.CCCCCCCCC.COCCCCOc1nc(N)nc2c1ncn2C. The van der Waals surface area contributed by atoms with Gasteiger partial charge in [-0.15, -0.1) is 0 Å². The molecule has 0 fully saturated rings. The number of methoxy groups -OCH3 is 1. The van der Waals surface area contributed by atoms with Gasteiger partial charge in [-0.1, -0.05) is 72.6 Å². The highest BCUT2D eigenvalue weighted by molar-refractivity contribution is 5.77. The Bertz CT molecular complexity index is 625.